The van der Waals surface area contributed by atoms with Gasteiger partial charge in [0.25, 0.3) is 0 Å². The number of carbonyl (C=O) groups excluding carboxylic acids is 1. The van der Waals surface area contributed by atoms with Gasteiger partial charge in [-0.2, -0.15) is 0 Å². The Balaban J connectivity index is 1.93. The molecule has 3 rings (SSSR count). The summed E-state index contributed by atoms with van der Waals surface area (Å²) in [5.41, 5.74) is 3.94. The lowest BCUT2D eigenvalue weighted by atomic mass is 10.1. The standard InChI is InChI=1S/C17H13NO2/c1-12-3-2-4-16(18-12)13-5-7-14(8-6-13)17-10-9-15(11-19)20-17/h2-11H,1H3. The topological polar surface area (TPSA) is 43.1 Å². The molecule has 2 heterocycles. The molecule has 0 bridgehead atoms. The first-order valence-corrected chi connectivity index (χ1v) is 6.36. The Morgan fingerprint density at radius 1 is 0.950 bits per heavy atom. The van der Waals surface area contributed by atoms with Crippen molar-refractivity contribution in [2.75, 3.05) is 0 Å². The predicted octanol–water partition coefficient (Wildman–Crippen LogP) is 4.13. The summed E-state index contributed by atoms with van der Waals surface area (Å²) in [6, 6.07) is 17.3. The number of rotatable bonds is 3. The number of pyridine rings is 1. The van der Waals surface area contributed by atoms with E-state index in [1.807, 2.05) is 49.4 Å². The van der Waals surface area contributed by atoms with Crippen LogP contribution in [0.5, 0.6) is 0 Å². The quantitative estimate of drug-likeness (QED) is 0.667. The highest BCUT2D eigenvalue weighted by atomic mass is 16.3. The van der Waals surface area contributed by atoms with Crippen LogP contribution in [0.4, 0.5) is 0 Å². The van der Waals surface area contributed by atoms with E-state index < -0.39 is 0 Å². The largest absolute Gasteiger partial charge is 0.453 e. The van der Waals surface area contributed by atoms with Gasteiger partial charge in [-0.05, 0) is 31.2 Å². The molecule has 0 aliphatic carbocycles. The Kier molecular flexibility index (Phi) is 3.17. The lowest BCUT2D eigenvalue weighted by molar-refractivity contribution is 0.110. The monoisotopic (exact) mass is 263 g/mol. The molecule has 0 radical (unpaired) electrons. The van der Waals surface area contributed by atoms with Gasteiger partial charge in [-0.15, -0.1) is 0 Å². The highest BCUT2D eigenvalue weighted by molar-refractivity contribution is 5.73. The lowest BCUT2D eigenvalue weighted by Crippen LogP contribution is -1.86. The average molecular weight is 263 g/mol. The Labute approximate surface area is 116 Å². The molecule has 20 heavy (non-hydrogen) atoms. The summed E-state index contributed by atoms with van der Waals surface area (Å²) in [7, 11) is 0. The van der Waals surface area contributed by atoms with Crippen LogP contribution in [-0.2, 0) is 0 Å². The number of hydrogen-bond donors (Lipinski definition) is 0. The number of aldehydes is 1. The molecule has 0 spiro atoms. The van der Waals surface area contributed by atoms with Gasteiger partial charge in [0.05, 0.1) is 5.69 Å². The molecule has 3 nitrogen and oxygen atoms in total. The first kappa shape index (κ1) is 12.4. The summed E-state index contributed by atoms with van der Waals surface area (Å²) < 4.78 is 5.40. The Hall–Kier alpha value is -2.68. The lowest BCUT2D eigenvalue weighted by Gasteiger charge is -2.03. The van der Waals surface area contributed by atoms with Crippen LogP contribution < -0.4 is 0 Å². The van der Waals surface area contributed by atoms with Crippen molar-refractivity contribution < 1.29 is 9.21 Å². The van der Waals surface area contributed by atoms with Crippen LogP contribution in [0.3, 0.4) is 0 Å². The third-order valence-electron chi connectivity index (χ3n) is 3.10. The molecule has 98 valence electrons. The van der Waals surface area contributed by atoms with Gasteiger partial charge >= 0.3 is 0 Å². The molecular weight excluding hydrogens is 250 g/mol. The summed E-state index contributed by atoms with van der Waals surface area (Å²) in [4.78, 5) is 15.1. The van der Waals surface area contributed by atoms with Gasteiger partial charge in [0, 0.05) is 16.8 Å². The van der Waals surface area contributed by atoms with Crippen molar-refractivity contribution in [3.8, 4) is 22.6 Å². The zero-order valence-corrected chi connectivity index (χ0v) is 11.0. The summed E-state index contributed by atoms with van der Waals surface area (Å²) in [5.74, 6) is 1.03. The molecule has 0 unspecified atom stereocenters. The minimum absolute atomic E-state index is 0.337. The van der Waals surface area contributed by atoms with Crippen molar-refractivity contribution in [3.63, 3.8) is 0 Å². The van der Waals surface area contributed by atoms with Gasteiger partial charge in [-0.25, -0.2) is 0 Å². The first-order chi connectivity index (χ1) is 9.76. The number of furan rings is 1. The van der Waals surface area contributed by atoms with Crippen LogP contribution in [0, 0.1) is 6.92 Å². The summed E-state index contributed by atoms with van der Waals surface area (Å²) in [6.45, 7) is 1.97. The van der Waals surface area contributed by atoms with Crippen LogP contribution in [-0.4, -0.2) is 11.3 Å². The van der Waals surface area contributed by atoms with Crippen molar-refractivity contribution in [1.82, 2.24) is 4.98 Å². The third kappa shape index (κ3) is 2.38. The molecular formula is C17H13NO2. The van der Waals surface area contributed by atoms with E-state index >= 15 is 0 Å². The number of hydrogen-bond acceptors (Lipinski definition) is 3. The maximum atomic E-state index is 10.6. The van der Waals surface area contributed by atoms with Gasteiger partial charge in [0.15, 0.2) is 12.0 Å². The normalized spacial score (nSPS) is 10.4. The van der Waals surface area contributed by atoms with Crippen molar-refractivity contribution in [3.05, 3.63) is 66.1 Å². The second kappa shape index (κ2) is 5.13. The molecule has 0 saturated heterocycles. The maximum Gasteiger partial charge on any atom is 0.185 e. The number of aromatic nitrogens is 1. The third-order valence-corrected chi connectivity index (χ3v) is 3.10. The summed E-state index contributed by atoms with van der Waals surface area (Å²) in [5, 5.41) is 0. The van der Waals surface area contributed by atoms with Crippen molar-refractivity contribution in [1.29, 1.82) is 0 Å². The van der Waals surface area contributed by atoms with E-state index in [0.29, 0.717) is 17.8 Å². The van der Waals surface area contributed by atoms with Crippen LogP contribution in [0.2, 0.25) is 0 Å². The second-order valence-corrected chi connectivity index (χ2v) is 4.56. The van der Waals surface area contributed by atoms with E-state index in [-0.39, 0.29) is 0 Å². The summed E-state index contributed by atoms with van der Waals surface area (Å²) >= 11 is 0. The van der Waals surface area contributed by atoms with Crippen molar-refractivity contribution in [2.24, 2.45) is 0 Å². The fourth-order valence-corrected chi connectivity index (χ4v) is 2.08. The molecule has 0 N–H and O–H groups in total. The minimum Gasteiger partial charge on any atom is -0.453 e. The second-order valence-electron chi connectivity index (χ2n) is 4.56. The summed E-state index contributed by atoms with van der Waals surface area (Å²) in [6.07, 6.45) is 0.703. The number of aryl methyl sites for hydroxylation is 1. The number of carbonyl (C=O) groups is 1. The molecule has 3 heteroatoms. The smallest absolute Gasteiger partial charge is 0.185 e. The molecule has 1 aromatic carbocycles. The highest BCUT2D eigenvalue weighted by Gasteiger charge is 2.05. The zero-order chi connectivity index (χ0) is 13.9. The fourth-order valence-electron chi connectivity index (χ4n) is 2.08. The minimum atomic E-state index is 0.337. The van der Waals surface area contributed by atoms with Crippen LogP contribution in [0.1, 0.15) is 16.2 Å². The molecule has 2 aromatic heterocycles. The van der Waals surface area contributed by atoms with E-state index in [0.717, 1.165) is 22.5 Å². The molecule has 0 aliphatic rings. The molecule has 0 fully saturated rings. The van der Waals surface area contributed by atoms with Gasteiger partial charge in [-0.1, -0.05) is 30.3 Å². The number of benzene rings is 1. The van der Waals surface area contributed by atoms with E-state index in [1.54, 1.807) is 12.1 Å². The van der Waals surface area contributed by atoms with E-state index in [4.69, 9.17) is 4.42 Å². The van der Waals surface area contributed by atoms with Gasteiger partial charge in [-0.3, -0.25) is 9.78 Å². The Bertz CT molecular complexity index is 742. The highest BCUT2D eigenvalue weighted by Crippen LogP contribution is 2.25. The van der Waals surface area contributed by atoms with Crippen LogP contribution in [0.15, 0.2) is 59.0 Å². The Morgan fingerprint density at radius 3 is 2.35 bits per heavy atom. The SMILES string of the molecule is Cc1cccc(-c2ccc(-c3ccc(C=O)o3)cc2)n1. The molecule has 0 saturated carbocycles. The average Bonchev–Trinajstić information content (AvgIpc) is 2.96. The first-order valence-electron chi connectivity index (χ1n) is 6.36. The number of nitrogens with zero attached hydrogens (tertiary/aromatic N) is 1. The van der Waals surface area contributed by atoms with Crippen LogP contribution in [0.25, 0.3) is 22.6 Å². The fraction of sp³-hybridized carbons (Fsp3) is 0.0588. The molecule has 0 atom stereocenters. The molecule has 3 aromatic rings. The van der Waals surface area contributed by atoms with Gasteiger partial charge < -0.3 is 4.42 Å². The maximum absolute atomic E-state index is 10.6. The van der Waals surface area contributed by atoms with Gasteiger partial charge in [0.2, 0.25) is 0 Å². The van der Waals surface area contributed by atoms with Crippen LogP contribution >= 0.6 is 0 Å². The molecule has 0 aliphatic heterocycles. The van der Waals surface area contributed by atoms with E-state index in [9.17, 15) is 4.79 Å². The predicted molar refractivity (Wildman–Crippen MR) is 77.5 cm³/mol. The van der Waals surface area contributed by atoms with E-state index in [1.165, 1.54) is 0 Å². The van der Waals surface area contributed by atoms with Gasteiger partial charge in [0.1, 0.15) is 5.76 Å². The van der Waals surface area contributed by atoms with Crippen molar-refractivity contribution >= 4 is 6.29 Å². The Morgan fingerprint density at radius 2 is 1.70 bits per heavy atom. The zero-order valence-electron chi connectivity index (χ0n) is 11.0. The van der Waals surface area contributed by atoms with Crippen molar-refractivity contribution in [2.45, 2.75) is 6.92 Å². The molecule has 0 amide bonds. The van der Waals surface area contributed by atoms with E-state index in [2.05, 4.69) is 4.98 Å².